The average molecular weight is 266 g/mol. The van der Waals surface area contributed by atoms with Crippen molar-refractivity contribution in [2.45, 2.75) is 90.1 Å². The van der Waals surface area contributed by atoms with Gasteiger partial charge < -0.3 is 4.74 Å². The summed E-state index contributed by atoms with van der Waals surface area (Å²) in [6.07, 6.45) is 14.8. The lowest BCUT2D eigenvalue weighted by Gasteiger charge is -2.30. The van der Waals surface area contributed by atoms with Crippen molar-refractivity contribution in [2.24, 2.45) is 11.8 Å². The summed E-state index contributed by atoms with van der Waals surface area (Å²) in [5.74, 6) is 1.22. The first-order valence-electron chi connectivity index (χ1n) is 8.50. The summed E-state index contributed by atoms with van der Waals surface area (Å²) >= 11 is 0. The van der Waals surface area contributed by atoms with Crippen molar-refractivity contribution in [1.29, 1.82) is 0 Å². The Hall–Kier alpha value is -0.530. The molecule has 0 aromatic heterocycles. The van der Waals surface area contributed by atoms with Gasteiger partial charge in [0.05, 0.1) is 5.92 Å². The summed E-state index contributed by atoms with van der Waals surface area (Å²) in [4.78, 5) is 12.1. The van der Waals surface area contributed by atoms with Gasteiger partial charge in [0.2, 0.25) is 0 Å². The van der Waals surface area contributed by atoms with Crippen molar-refractivity contribution >= 4 is 5.97 Å². The molecule has 0 saturated heterocycles. The fourth-order valence-electron chi connectivity index (χ4n) is 3.63. The van der Waals surface area contributed by atoms with Gasteiger partial charge in [-0.1, -0.05) is 45.4 Å². The highest BCUT2D eigenvalue weighted by atomic mass is 16.5. The average Bonchev–Trinajstić information content (AvgIpc) is 2.47. The van der Waals surface area contributed by atoms with Crippen LogP contribution in [0.25, 0.3) is 0 Å². The van der Waals surface area contributed by atoms with Gasteiger partial charge in [-0.05, 0) is 44.4 Å². The zero-order chi connectivity index (χ0) is 13.5. The molecule has 0 aromatic carbocycles. The Morgan fingerprint density at radius 1 is 1.00 bits per heavy atom. The first kappa shape index (κ1) is 14.9. The van der Waals surface area contributed by atoms with Gasteiger partial charge in [-0.2, -0.15) is 0 Å². The summed E-state index contributed by atoms with van der Waals surface area (Å²) in [6, 6.07) is 0. The van der Waals surface area contributed by atoms with Crippen LogP contribution in [0.4, 0.5) is 0 Å². The van der Waals surface area contributed by atoms with Crippen molar-refractivity contribution in [1.82, 2.24) is 0 Å². The van der Waals surface area contributed by atoms with E-state index in [9.17, 15) is 4.79 Å². The van der Waals surface area contributed by atoms with Gasteiger partial charge in [0.15, 0.2) is 0 Å². The molecule has 0 N–H and O–H groups in total. The van der Waals surface area contributed by atoms with Crippen LogP contribution in [0, 0.1) is 11.8 Å². The van der Waals surface area contributed by atoms with Crippen molar-refractivity contribution in [2.75, 3.05) is 0 Å². The highest BCUT2D eigenvalue weighted by Gasteiger charge is 2.28. The van der Waals surface area contributed by atoms with E-state index in [1.165, 1.54) is 51.4 Å². The molecule has 19 heavy (non-hydrogen) atoms. The molecule has 0 bridgehead atoms. The minimum Gasteiger partial charge on any atom is -0.462 e. The Bertz CT molecular complexity index is 260. The highest BCUT2D eigenvalue weighted by Crippen LogP contribution is 2.31. The summed E-state index contributed by atoms with van der Waals surface area (Å²) in [5, 5.41) is 0. The zero-order valence-corrected chi connectivity index (χ0v) is 12.5. The molecule has 0 aliphatic heterocycles. The Labute approximate surface area is 118 Å². The topological polar surface area (TPSA) is 26.3 Å². The minimum atomic E-state index is 0.108. The molecule has 2 nitrogen and oxygen atoms in total. The third-order valence-electron chi connectivity index (χ3n) is 4.98. The Morgan fingerprint density at radius 2 is 1.68 bits per heavy atom. The Kier molecular flexibility index (Phi) is 6.19. The van der Waals surface area contributed by atoms with Crippen molar-refractivity contribution < 1.29 is 9.53 Å². The second-order valence-corrected chi connectivity index (χ2v) is 6.56. The van der Waals surface area contributed by atoms with Gasteiger partial charge >= 0.3 is 5.97 Å². The molecule has 2 saturated carbocycles. The number of carbonyl (C=O) groups excluding carboxylic acids is 1. The SMILES string of the molecule is CCCCC1CCC(OC(=O)C2CCCCC2)CC1. The number of hydrogen-bond donors (Lipinski definition) is 0. The van der Waals surface area contributed by atoms with Gasteiger partial charge in [-0.3, -0.25) is 4.79 Å². The maximum absolute atomic E-state index is 12.1. The fraction of sp³-hybridized carbons (Fsp3) is 0.941. The molecular formula is C17H30O2. The molecule has 2 rings (SSSR count). The van der Waals surface area contributed by atoms with Crippen LogP contribution >= 0.6 is 0 Å². The standard InChI is InChI=1S/C17H30O2/c1-2-3-7-14-10-12-16(13-11-14)19-17(18)15-8-5-4-6-9-15/h14-16H,2-13H2,1H3. The van der Waals surface area contributed by atoms with Crippen molar-refractivity contribution in [3.8, 4) is 0 Å². The largest absolute Gasteiger partial charge is 0.462 e. The number of unbranched alkanes of at least 4 members (excludes halogenated alkanes) is 1. The summed E-state index contributed by atoms with van der Waals surface area (Å²) in [6.45, 7) is 2.26. The molecule has 2 fully saturated rings. The second kappa shape index (κ2) is 7.91. The summed E-state index contributed by atoms with van der Waals surface area (Å²) < 4.78 is 5.74. The lowest BCUT2D eigenvalue weighted by molar-refractivity contribution is -0.157. The monoisotopic (exact) mass is 266 g/mol. The first-order valence-corrected chi connectivity index (χ1v) is 8.50. The number of carbonyl (C=O) groups is 1. The third-order valence-corrected chi connectivity index (χ3v) is 4.98. The predicted molar refractivity (Wildman–Crippen MR) is 77.9 cm³/mol. The zero-order valence-electron chi connectivity index (χ0n) is 12.5. The number of rotatable bonds is 5. The van der Waals surface area contributed by atoms with E-state index in [-0.39, 0.29) is 18.0 Å². The summed E-state index contributed by atoms with van der Waals surface area (Å²) in [7, 11) is 0. The molecule has 0 unspecified atom stereocenters. The molecule has 0 spiro atoms. The van der Waals surface area contributed by atoms with Crippen LogP contribution in [-0.2, 0) is 9.53 Å². The van der Waals surface area contributed by atoms with Gasteiger partial charge in [0.1, 0.15) is 6.10 Å². The van der Waals surface area contributed by atoms with Crippen LogP contribution in [0.15, 0.2) is 0 Å². The molecule has 2 heteroatoms. The van der Waals surface area contributed by atoms with E-state index in [2.05, 4.69) is 6.92 Å². The quantitative estimate of drug-likeness (QED) is 0.664. The van der Waals surface area contributed by atoms with Crippen molar-refractivity contribution in [3.05, 3.63) is 0 Å². The molecule has 0 amide bonds. The number of hydrogen-bond acceptors (Lipinski definition) is 2. The smallest absolute Gasteiger partial charge is 0.309 e. The van der Waals surface area contributed by atoms with Gasteiger partial charge in [-0.15, -0.1) is 0 Å². The third kappa shape index (κ3) is 4.81. The van der Waals surface area contributed by atoms with Crippen molar-refractivity contribution in [3.63, 3.8) is 0 Å². The Balaban J connectivity index is 1.65. The fourth-order valence-corrected chi connectivity index (χ4v) is 3.63. The lowest BCUT2D eigenvalue weighted by Crippen LogP contribution is -2.29. The molecule has 0 heterocycles. The van der Waals surface area contributed by atoms with Crippen LogP contribution in [0.2, 0.25) is 0 Å². The molecule has 0 atom stereocenters. The molecule has 0 radical (unpaired) electrons. The number of ether oxygens (including phenoxy) is 1. The van der Waals surface area contributed by atoms with Crippen LogP contribution in [-0.4, -0.2) is 12.1 Å². The predicted octanol–water partition coefficient (Wildman–Crippen LogP) is 4.86. The minimum absolute atomic E-state index is 0.108. The molecule has 110 valence electrons. The van der Waals surface area contributed by atoms with Gasteiger partial charge in [0, 0.05) is 0 Å². The van der Waals surface area contributed by atoms with E-state index in [0.717, 1.165) is 31.6 Å². The van der Waals surface area contributed by atoms with Gasteiger partial charge in [-0.25, -0.2) is 0 Å². The van der Waals surface area contributed by atoms with E-state index in [0.29, 0.717) is 0 Å². The normalized spacial score (nSPS) is 29.1. The van der Waals surface area contributed by atoms with E-state index < -0.39 is 0 Å². The molecule has 0 aromatic rings. The lowest BCUT2D eigenvalue weighted by atomic mass is 9.84. The highest BCUT2D eigenvalue weighted by molar-refractivity contribution is 5.72. The van der Waals surface area contributed by atoms with Crippen LogP contribution in [0.3, 0.4) is 0 Å². The molecule has 2 aliphatic carbocycles. The molecular weight excluding hydrogens is 236 g/mol. The van der Waals surface area contributed by atoms with Gasteiger partial charge in [0.25, 0.3) is 0 Å². The van der Waals surface area contributed by atoms with E-state index in [1.807, 2.05) is 0 Å². The molecule has 2 aliphatic rings. The van der Waals surface area contributed by atoms with Crippen LogP contribution in [0.1, 0.15) is 84.0 Å². The van der Waals surface area contributed by atoms with E-state index >= 15 is 0 Å². The van der Waals surface area contributed by atoms with E-state index in [1.54, 1.807) is 0 Å². The maximum atomic E-state index is 12.1. The van der Waals surface area contributed by atoms with E-state index in [4.69, 9.17) is 4.74 Å². The second-order valence-electron chi connectivity index (χ2n) is 6.56. The first-order chi connectivity index (χ1) is 9.29. The van der Waals surface area contributed by atoms with Crippen LogP contribution < -0.4 is 0 Å². The number of esters is 1. The maximum Gasteiger partial charge on any atom is 0.309 e. The Morgan fingerprint density at radius 3 is 2.32 bits per heavy atom. The summed E-state index contributed by atoms with van der Waals surface area (Å²) in [5.41, 5.74) is 0. The van der Waals surface area contributed by atoms with Crippen LogP contribution in [0.5, 0.6) is 0 Å².